The fourth-order valence-electron chi connectivity index (χ4n) is 0.421. The topological polar surface area (TPSA) is 32.3 Å². The van der Waals surface area contributed by atoms with Gasteiger partial charge in [-0.25, -0.2) is 0 Å². The monoisotopic (exact) mass is 222 g/mol. The van der Waals surface area contributed by atoms with Crippen LogP contribution in [0, 0.1) is 0 Å². The Labute approximate surface area is 94.0 Å². The van der Waals surface area contributed by atoms with Gasteiger partial charge < -0.3 is 10.2 Å². The third-order valence-electron chi connectivity index (χ3n) is 0.684. The Bertz CT molecular complexity index is 159. The zero-order valence-electron chi connectivity index (χ0n) is 10.0. The molecule has 0 heterocycles. The van der Waals surface area contributed by atoms with Crippen molar-refractivity contribution < 1.29 is 4.79 Å². The third-order valence-corrected chi connectivity index (χ3v) is 0.684. The molecule has 0 unspecified atom stereocenters. The van der Waals surface area contributed by atoms with Gasteiger partial charge in [0.15, 0.2) is 0 Å². The van der Waals surface area contributed by atoms with Gasteiger partial charge in [0.25, 0.3) is 0 Å². The van der Waals surface area contributed by atoms with E-state index in [4.69, 9.17) is 0 Å². The summed E-state index contributed by atoms with van der Waals surface area (Å²) in [6.45, 7) is 9.11. The summed E-state index contributed by atoms with van der Waals surface area (Å²) in [7, 11) is 6.00. The van der Waals surface area contributed by atoms with Crippen LogP contribution in [0.2, 0.25) is 0 Å². The first kappa shape index (κ1) is 19.1. The molecule has 0 spiro atoms. The molecule has 0 rings (SSSR count). The summed E-state index contributed by atoms with van der Waals surface area (Å²) in [4.78, 5) is 12.6. The number of carbonyl (C=O) groups excluding carboxylic acids is 1. The van der Waals surface area contributed by atoms with Gasteiger partial charge in [-0.3, -0.25) is 4.79 Å². The minimum Gasteiger partial charge on any atom is -0.348 e. The first-order valence-electron chi connectivity index (χ1n) is 4.24. The minimum atomic E-state index is -0.148. The highest BCUT2D eigenvalue weighted by Crippen LogP contribution is 1.97. The second-order valence-electron chi connectivity index (χ2n) is 4.29. The normalized spacial score (nSPS) is 9.36. The lowest BCUT2D eigenvalue weighted by atomic mass is 10.1. The molecule has 0 saturated heterocycles. The molecule has 1 N–H and O–H groups in total. The summed E-state index contributed by atoms with van der Waals surface area (Å²) in [5.74, 6) is -0.123. The molecule has 0 fully saturated rings. The standard InChI is InChI=1S/C7H13NO.C3H9N.ClH/c1-5-6(9)8-7(2,3)4;1-4(2)3;/h5H,1H2,2-4H3,(H,8,9);1-3H3;1H. The Morgan fingerprint density at radius 1 is 1.29 bits per heavy atom. The van der Waals surface area contributed by atoms with Crippen molar-refractivity contribution >= 4 is 18.3 Å². The van der Waals surface area contributed by atoms with Crippen molar-refractivity contribution in [3.8, 4) is 0 Å². The summed E-state index contributed by atoms with van der Waals surface area (Å²) < 4.78 is 0. The van der Waals surface area contributed by atoms with Gasteiger partial charge in [-0.1, -0.05) is 6.58 Å². The zero-order valence-corrected chi connectivity index (χ0v) is 10.9. The van der Waals surface area contributed by atoms with Crippen molar-refractivity contribution in [1.29, 1.82) is 0 Å². The molecule has 0 aromatic heterocycles. The highest BCUT2D eigenvalue weighted by Gasteiger charge is 2.10. The van der Waals surface area contributed by atoms with E-state index in [1.165, 1.54) is 6.08 Å². The first-order valence-corrected chi connectivity index (χ1v) is 4.24. The Hall–Kier alpha value is -0.540. The van der Waals surface area contributed by atoms with E-state index in [0.29, 0.717) is 0 Å². The molecule has 0 aliphatic rings. The van der Waals surface area contributed by atoms with Gasteiger partial charge in [-0.05, 0) is 48.0 Å². The summed E-state index contributed by atoms with van der Waals surface area (Å²) >= 11 is 0. The molecule has 14 heavy (non-hydrogen) atoms. The molecule has 4 heteroatoms. The van der Waals surface area contributed by atoms with Crippen molar-refractivity contribution in [1.82, 2.24) is 10.2 Å². The van der Waals surface area contributed by atoms with Crippen molar-refractivity contribution in [2.45, 2.75) is 26.3 Å². The number of hydrogen-bond donors (Lipinski definition) is 1. The van der Waals surface area contributed by atoms with Crippen molar-refractivity contribution in [2.75, 3.05) is 21.1 Å². The molecule has 1 amide bonds. The second kappa shape index (κ2) is 9.03. The lowest BCUT2D eigenvalue weighted by Crippen LogP contribution is -2.39. The fraction of sp³-hybridized carbons (Fsp3) is 0.700. The van der Waals surface area contributed by atoms with Crippen LogP contribution in [-0.2, 0) is 4.79 Å². The van der Waals surface area contributed by atoms with Crippen molar-refractivity contribution in [3.05, 3.63) is 12.7 Å². The summed E-state index contributed by atoms with van der Waals surface area (Å²) in [5, 5.41) is 2.71. The number of nitrogens with zero attached hydrogens (tertiary/aromatic N) is 1. The number of nitrogens with one attached hydrogen (secondary N) is 1. The molecule has 0 aliphatic heterocycles. The van der Waals surface area contributed by atoms with Crippen LogP contribution < -0.4 is 5.32 Å². The lowest BCUT2D eigenvalue weighted by Gasteiger charge is -2.18. The predicted octanol–water partition coefficient (Wildman–Crippen LogP) is 1.69. The molecule has 0 atom stereocenters. The number of rotatable bonds is 1. The Balaban J connectivity index is -0.000000209. The van der Waals surface area contributed by atoms with Gasteiger partial charge >= 0.3 is 0 Å². The van der Waals surface area contributed by atoms with E-state index in [2.05, 4.69) is 11.9 Å². The maximum Gasteiger partial charge on any atom is 0.243 e. The summed E-state index contributed by atoms with van der Waals surface area (Å²) in [5.41, 5.74) is -0.148. The maximum atomic E-state index is 10.6. The lowest BCUT2D eigenvalue weighted by molar-refractivity contribution is -0.117. The minimum absolute atomic E-state index is 0. The van der Waals surface area contributed by atoms with E-state index in [1.54, 1.807) is 0 Å². The Morgan fingerprint density at radius 2 is 1.57 bits per heavy atom. The van der Waals surface area contributed by atoms with Crippen LogP contribution in [0.3, 0.4) is 0 Å². The summed E-state index contributed by atoms with van der Waals surface area (Å²) in [6.07, 6.45) is 1.27. The molecule has 0 bridgehead atoms. The number of carbonyl (C=O) groups is 1. The van der Waals surface area contributed by atoms with Gasteiger partial charge in [0.1, 0.15) is 0 Å². The van der Waals surface area contributed by atoms with Gasteiger partial charge in [-0.2, -0.15) is 0 Å². The third kappa shape index (κ3) is 30.0. The van der Waals surface area contributed by atoms with Crippen LogP contribution >= 0.6 is 12.4 Å². The molecular weight excluding hydrogens is 200 g/mol. The van der Waals surface area contributed by atoms with E-state index >= 15 is 0 Å². The molecule has 3 nitrogen and oxygen atoms in total. The van der Waals surface area contributed by atoms with Crippen LogP contribution in [0.5, 0.6) is 0 Å². The maximum absolute atomic E-state index is 10.6. The number of hydrogen-bond acceptors (Lipinski definition) is 2. The summed E-state index contributed by atoms with van der Waals surface area (Å²) in [6, 6.07) is 0. The first-order chi connectivity index (χ1) is 5.69. The highest BCUT2D eigenvalue weighted by molar-refractivity contribution is 5.87. The van der Waals surface area contributed by atoms with E-state index in [0.717, 1.165) is 0 Å². The Kier molecular flexibility index (Phi) is 12.3. The quantitative estimate of drug-likeness (QED) is 0.685. The molecule has 0 aromatic carbocycles. The van der Waals surface area contributed by atoms with Gasteiger partial charge in [0, 0.05) is 5.54 Å². The molecule has 0 aromatic rings. The van der Waals surface area contributed by atoms with E-state index < -0.39 is 0 Å². The van der Waals surface area contributed by atoms with Gasteiger partial charge in [-0.15, -0.1) is 12.4 Å². The molecule has 0 aliphatic carbocycles. The molecule has 0 radical (unpaired) electrons. The number of halogens is 1. The molecular formula is C10H23ClN2O. The SMILES string of the molecule is C=CC(=O)NC(C)(C)C.CN(C)C.Cl. The largest absolute Gasteiger partial charge is 0.348 e. The predicted molar refractivity (Wildman–Crippen MR) is 65.0 cm³/mol. The number of amides is 1. The fourth-order valence-corrected chi connectivity index (χ4v) is 0.421. The van der Waals surface area contributed by atoms with Gasteiger partial charge in [0.05, 0.1) is 0 Å². The van der Waals surface area contributed by atoms with Crippen molar-refractivity contribution in [2.24, 2.45) is 0 Å². The Morgan fingerprint density at radius 3 is 1.64 bits per heavy atom. The smallest absolute Gasteiger partial charge is 0.243 e. The van der Waals surface area contributed by atoms with Crippen molar-refractivity contribution in [3.63, 3.8) is 0 Å². The molecule has 86 valence electrons. The van der Waals surface area contributed by atoms with Crippen LogP contribution in [0.25, 0.3) is 0 Å². The highest BCUT2D eigenvalue weighted by atomic mass is 35.5. The van der Waals surface area contributed by atoms with Crippen LogP contribution in [-0.4, -0.2) is 37.5 Å². The van der Waals surface area contributed by atoms with Gasteiger partial charge in [0.2, 0.25) is 5.91 Å². The second-order valence-corrected chi connectivity index (χ2v) is 4.29. The average Bonchev–Trinajstić information content (AvgIpc) is 1.82. The van der Waals surface area contributed by atoms with E-state index in [-0.39, 0.29) is 23.9 Å². The van der Waals surface area contributed by atoms with E-state index in [9.17, 15) is 4.79 Å². The zero-order chi connectivity index (χ0) is 11.1. The average molecular weight is 223 g/mol. The van der Waals surface area contributed by atoms with Crippen LogP contribution in [0.15, 0.2) is 12.7 Å². The van der Waals surface area contributed by atoms with Crippen LogP contribution in [0.1, 0.15) is 20.8 Å². The van der Waals surface area contributed by atoms with Crippen LogP contribution in [0.4, 0.5) is 0 Å². The molecule has 0 saturated carbocycles. The van der Waals surface area contributed by atoms with E-state index in [1.807, 2.05) is 46.8 Å².